The van der Waals surface area contributed by atoms with Crippen molar-refractivity contribution in [1.82, 2.24) is 13.5 Å². The Morgan fingerprint density at radius 3 is 2.50 bits per heavy atom. The maximum atomic E-state index is 12.5. The molecule has 2 atom stereocenters. The number of nitrogens with zero attached hydrogens (tertiary/aromatic N) is 4. The van der Waals surface area contributed by atoms with Crippen molar-refractivity contribution in [2.75, 3.05) is 33.7 Å². The van der Waals surface area contributed by atoms with Crippen molar-refractivity contribution in [2.45, 2.75) is 25.4 Å². The summed E-state index contributed by atoms with van der Waals surface area (Å²) in [7, 11) is -0.163. The van der Waals surface area contributed by atoms with Crippen LogP contribution in [0, 0.1) is 17.2 Å². The Morgan fingerprint density at radius 1 is 1.17 bits per heavy atom. The molecule has 7 heteroatoms. The van der Waals surface area contributed by atoms with E-state index in [1.807, 2.05) is 24.3 Å². The molecule has 2 bridgehead atoms. The van der Waals surface area contributed by atoms with Gasteiger partial charge in [-0.15, -0.1) is 0 Å². The molecule has 3 fully saturated rings. The van der Waals surface area contributed by atoms with E-state index in [2.05, 4.69) is 11.0 Å². The van der Waals surface area contributed by atoms with Gasteiger partial charge in [0.25, 0.3) is 10.2 Å². The zero-order chi connectivity index (χ0) is 17.3. The molecule has 3 aliphatic heterocycles. The van der Waals surface area contributed by atoms with Gasteiger partial charge in [0.2, 0.25) is 0 Å². The molecule has 130 valence electrons. The molecule has 1 aromatic rings. The second-order valence-corrected chi connectivity index (χ2v) is 9.08. The maximum absolute atomic E-state index is 12.5. The molecule has 0 saturated carbocycles. The number of piperidine rings is 1. The Morgan fingerprint density at radius 2 is 1.88 bits per heavy atom. The lowest BCUT2D eigenvalue weighted by atomic mass is 9.94. The summed E-state index contributed by atoms with van der Waals surface area (Å²) in [5.74, 6) is 0.386. The molecule has 0 spiro atoms. The Balaban J connectivity index is 1.75. The molecular formula is C17H24N4O2S. The third-order valence-corrected chi connectivity index (χ3v) is 6.92. The highest BCUT2D eigenvalue weighted by atomic mass is 32.2. The fourth-order valence-corrected chi connectivity index (χ4v) is 4.89. The number of hydrogen-bond donors (Lipinski definition) is 0. The first-order valence-corrected chi connectivity index (χ1v) is 9.70. The van der Waals surface area contributed by atoms with Gasteiger partial charge in [0.05, 0.1) is 11.6 Å². The van der Waals surface area contributed by atoms with Crippen LogP contribution >= 0.6 is 0 Å². The van der Waals surface area contributed by atoms with E-state index in [-0.39, 0.29) is 6.04 Å². The SMILES string of the molecule is CN(C)S(=O)(=O)N1C[C@@H]2CC[C@H](C1)N(Cc1ccc(C#N)cc1)C2. The van der Waals surface area contributed by atoms with Gasteiger partial charge in [-0.05, 0) is 36.5 Å². The van der Waals surface area contributed by atoms with Crippen molar-refractivity contribution < 1.29 is 8.42 Å². The maximum Gasteiger partial charge on any atom is 0.281 e. The van der Waals surface area contributed by atoms with Gasteiger partial charge in [-0.3, -0.25) is 4.90 Å². The van der Waals surface area contributed by atoms with Crippen LogP contribution in [0.1, 0.15) is 24.0 Å². The molecule has 0 unspecified atom stereocenters. The van der Waals surface area contributed by atoms with Gasteiger partial charge < -0.3 is 0 Å². The standard InChI is InChI=1S/C17H24N4O2S/c1-19(2)24(22,23)21-12-16-7-8-17(13-21)20(11-16)10-15-5-3-14(9-18)4-6-15/h3-6,16-17H,7-8,10-13H2,1-2H3/t16-,17-/m1/s1. The fraction of sp³-hybridized carbons (Fsp3) is 0.588. The molecule has 0 aromatic heterocycles. The van der Waals surface area contributed by atoms with Crippen molar-refractivity contribution in [3.8, 4) is 6.07 Å². The summed E-state index contributed by atoms with van der Waals surface area (Å²) < 4.78 is 27.9. The number of benzene rings is 1. The molecule has 4 rings (SSSR count). The first-order chi connectivity index (χ1) is 11.4. The quantitative estimate of drug-likeness (QED) is 0.822. The van der Waals surface area contributed by atoms with Crippen LogP contribution in [0.25, 0.3) is 0 Å². The van der Waals surface area contributed by atoms with E-state index in [9.17, 15) is 8.42 Å². The molecule has 0 N–H and O–H groups in total. The lowest BCUT2D eigenvalue weighted by molar-refractivity contribution is 0.125. The Labute approximate surface area is 144 Å². The summed E-state index contributed by atoms with van der Waals surface area (Å²) >= 11 is 0. The van der Waals surface area contributed by atoms with Crippen LogP contribution in [0.4, 0.5) is 0 Å². The number of rotatable bonds is 4. The highest BCUT2D eigenvalue weighted by molar-refractivity contribution is 7.86. The van der Waals surface area contributed by atoms with Gasteiger partial charge in [-0.25, -0.2) is 0 Å². The van der Waals surface area contributed by atoms with Crippen molar-refractivity contribution in [3.05, 3.63) is 35.4 Å². The molecule has 0 amide bonds. The Bertz CT molecular complexity index is 724. The molecule has 1 aromatic carbocycles. The normalized spacial score (nSPS) is 25.6. The van der Waals surface area contributed by atoms with Crippen LogP contribution in [0.2, 0.25) is 0 Å². The average molecular weight is 348 g/mol. The van der Waals surface area contributed by atoms with E-state index in [1.165, 1.54) is 9.87 Å². The monoisotopic (exact) mass is 348 g/mol. The van der Waals surface area contributed by atoms with E-state index in [1.54, 1.807) is 18.4 Å². The molecular weight excluding hydrogens is 324 g/mol. The lowest BCUT2D eigenvalue weighted by Crippen LogP contribution is -2.45. The largest absolute Gasteiger partial charge is 0.294 e. The summed E-state index contributed by atoms with van der Waals surface area (Å²) in [4.78, 5) is 2.40. The van der Waals surface area contributed by atoms with Crippen LogP contribution in [-0.4, -0.2) is 61.7 Å². The lowest BCUT2D eigenvalue weighted by Gasteiger charge is -2.36. The van der Waals surface area contributed by atoms with Crippen molar-refractivity contribution in [2.24, 2.45) is 5.92 Å². The van der Waals surface area contributed by atoms with E-state index >= 15 is 0 Å². The van der Waals surface area contributed by atoms with Crippen molar-refractivity contribution >= 4 is 10.2 Å². The van der Waals surface area contributed by atoms with Crippen LogP contribution in [0.3, 0.4) is 0 Å². The van der Waals surface area contributed by atoms with E-state index in [4.69, 9.17) is 5.26 Å². The number of fused-ring (bicyclic) bond motifs is 4. The van der Waals surface area contributed by atoms with E-state index in [0.717, 1.165) is 25.9 Å². The third-order valence-electron chi connectivity index (χ3n) is 5.05. The minimum atomic E-state index is -3.35. The fourth-order valence-electron chi connectivity index (χ4n) is 3.67. The summed E-state index contributed by atoms with van der Waals surface area (Å²) in [5, 5.41) is 8.90. The van der Waals surface area contributed by atoms with Crippen molar-refractivity contribution in [1.29, 1.82) is 5.26 Å². The average Bonchev–Trinajstić information content (AvgIpc) is 2.88. The molecule has 0 radical (unpaired) electrons. The smallest absolute Gasteiger partial charge is 0.281 e. The minimum Gasteiger partial charge on any atom is -0.294 e. The molecule has 0 aliphatic carbocycles. The predicted molar refractivity (Wildman–Crippen MR) is 92.3 cm³/mol. The summed E-state index contributed by atoms with van der Waals surface area (Å²) in [5.41, 5.74) is 1.84. The van der Waals surface area contributed by atoms with Gasteiger partial charge in [-0.2, -0.15) is 22.3 Å². The first-order valence-electron chi connectivity index (χ1n) is 8.31. The van der Waals surface area contributed by atoms with Gasteiger partial charge in [0.15, 0.2) is 0 Å². The van der Waals surface area contributed by atoms with Crippen LogP contribution in [0.5, 0.6) is 0 Å². The highest BCUT2D eigenvalue weighted by Gasteiger charge is 2.39. The van der Waals surface area contributed by atoms with Gasteiger partial charge >= 0.3 is 0 Å². The summed E-state index contributed by atoms with van der Waals surface area (Å²) in [6, 6.07) is 10.1. The Kier molecular flexibility index (Phi) is 4.92. The van der Waals surface area contributed by atoms with Gasteiger partial charge in [-0.1, -0.05) is 12.1 Å². The first kappa shape index (κ1) is 17.4. The second-order valence-electron chi connectivity index (χ2n) is 6.94. The van der Waals surface area contributed by atoms with E-state index in [0.29, 0.717) is 24.6 Å². The molecule has 3 aliphatic rings. The molecule has 6 nitrogen and oxygen atoms in total. The van der Waals surface area contributed by atoms with Crippen LogP contribution in [-0.2, 0) is 16.8 Å². The third kappa shape index (κ3) is 3.47. The summed E-state index contributed by atoms with van der Waals surface area (Å²) in [6.07, 6.45) is 2.13. The zero-order valence-electron chi connectivity index (χ0n) is 14.2. The predicted octanol–water partition coefficient (Wildman–Crippen LogP) is 1.26. The highest BCUT2D eigenvalue weighted by Crippen LogP contribution is 2.30. The minimum absolute atomic E-state index is 0.258. The van der Waals surface area contributed by atoms with Gasteiger partial charge in [0, 0.05) is 46.3 Å². The van der Waals surface area contributed by atoms with E-state index < -0.39 is 10.2 Å². The zero-order valence-corrected chi connectivity index (χ0v) is 15.0. The number of nitriles is 1. The summed E-state index contributed by atoms with van der Waals surface area (Å²) in [6.45, 7) is 2.92. The number of hydrogen-bond acceptors (Lipinski definition) is 4. The van der Waals surface area contributed by atoms with Crippen LogP contribution in [0.15, 0.2) is 24.3 Å². The second kappa shape index (κ2) is 6.81. The van der Waals surface area contributed by atoms with Gasteiger partial charge in [0.1, 0.15) is 0 Å². The molecule has 3 heterocycles. The Hall–Kier alpha value is -1.46. The van der Waals surface area contributed by atoms with Crippen molar-refractivity contribution in [3.63, 3.8) is 0 Å². The van der Waals surface area contributed by atoms with Crippen LogP contribution < -0.4 is 0 Å². The molecule has 24 heavy (non-hydrogen) atoms. The topological polar surface area (TPSA) is 67.7 Å². The molecule has 3 saturated heterocycles.